The molecule has 0 spiro atoms. The van der Waals surface area contributed by atoms with Crippen molar-refractivity contribution in [3.05, 3.63) is 59.5 Å². The Morgan fingerprint density at radius 3 is 2.55 bits per heavy atom. The van der Waals surface area contributed by atoms with Crippen molar-refractivity contribution in [3.8, 4) is 28.4 Å². The zero-order valence-electron chi connectivity index (χ0n) is 16.9. The first-order valence-electron chi connectivity index (χ1n) is 9.33. The van der Waals surface area contributed by atoms with Crippen LogP contribution >= 0.6 is 23.1 Å². The maximum atomic E-state index is 12.4. The van der Waals surface area contributed by atoms with Crippen molar-refractivity contribution in [1.82, 2.24) is 19.9 Å². The Kier molecular flexibility index (Phi) is 6.19. The number of hydrogen-bond donors (Lipinski definition) is 2. The molecular formula is C21H20N6O2S2. The molecule has 3 N–H and O–H groups in total. The van der Waals surface area contributed by atoms with Crippen LogP contribution in [0.25, 0.3) is 22.6 Å². The van der Waals surface area contributed by atoms with Gasteiger partial charge in [0.2, 0.25) is 11.1 Å². The number of carbonyl (C=O) groups excluding carboxylic acids is 1. The fraction of sp³-hybridized carbons (Fsp3) is 0.143. The van der Waals surface area contributed by atoms with Crippen LogP contribution in [-0.2, 0) is 4.79 Å². The van der Waals surface area contributed by atoms with Crippen LogP contribution in [0.1, 0.15) is 5.56 Å². The fourth-order valence-corrected chi connectivity index (χ4v) is 4.18. The van der Waals surface area contributed by atoms with Crippen molar-refractivity contribution in [2.45, 2.75) is 12.1 Å². The lowest BCUT2D eigenvalue weighted by Crippen LogP contribution is -2.16. The SMILES string of the molecule is COc1ccc(-c2csc(NC(=O)CSc3nnc(-c4ccc(C)cc4)n3N)n2)cc1. The minimum atomic E-state index is -0.194. The maximum Gasteiger partial charge on any atom is 0.236 e. The average molecular weight is 453 g/mol. The number of thioether (sulfide) groups is 1. The van der Waals surface area contributed by atoms with Gasteiger partial charge in [0.25, 0.3) is 0 Å². The molecule has 0 aliphatic heterocycles. The number of nitrogens with zero attached hydrogens (tertiary/aromatic N) is 4. The molecular weight excluding hydrogens is 432 g/mol. The molecule has 2 aromatic heterocycles. The standard InChI is InChI=1S/C21H20N6O2S2/c1-13-3-5-15(6-4-13)19-25-26-21(27(19)22)31-12-18(28)24-20-23-17(11-30-20)14-7-9-16(29-2)10-8-14/h3-11H,12,22H2,1-2H3,(H,23,24,28). The van der Waals surface area contributed by atoms with Gasteiger partial charge in [0.15, 0.2) is 11.0 Å². The van der Waals surface area contributed by atoms with Crippen molar-refractivity contribution >= 4 is 34.1 Å². The highest BCUT2D eigenvalue weighted by atomic mass is 32.2. The van der Waals surface area contributed by atoms with Crippen LogP contribution in [0.3, 0.4) is 0 Å². The molecule has 10 heteroatoms. The number of benzene rings is 2. The molecule has 1 amide bonds. The first-order valence-corrected chi connectivity index (χ1v) is 11.2. The van der Waals surface area contributed by atoms with E-state index < -0.39 is 0 Å². The van der Waals surface area contributed by atoms with E-state index in [9.17, 15) is 4.79 Å². The first-order chi connectivity index (χ1) is 15.0. The molecule has 0 atom stereocenters. The average Bonchev–Trinajstić information content (AvgIpc) is 3.39. The summed E-state index contributed by atoms with van der Waals surface area (Å²) in [5.74, 6) is 7.39. The highest BCUT2D eigenvalue weighted by Crippen LogP contribution is 2.27. The molecule has 0 fully saturated rings. The molecule has 0 radical (unpaired) electrons. The maximum absolute atomic E-state index is 12.4. The van der Waals surface area contributed by atoms with Gasteiger partial charge in [-0.15, -0.1) is 21.5 Å². The van der Waals surface area contributed by atoms with Gasteiger partial charge >= 0.3 is 0 Å². The van der Waals surface area contributed by atoms with Crippen LogP contribution in [0.4, 0.5) is 5.13 Å². The van der Waals surface area contributed by atoms with Gasteiger partial charge in [0.1, 0.15) is 5.75 Å². The van der Waals surface area contributed by atoms with Crippen LogP contribution in [0.2, 0.25) is 0 Å². The van der Waals surface area contributed by atoms with Crippen LogP contribution in [0.15, 0.2) is 59.1 Å². The van der Waals surface area contributed by atoms with E-state index >= 15 is 0 Å². The summed E-state index contributed by atoms with van der Waals surface area (Å²) in [5, 5.41) is 13.9. The van der Waals surface area contributed by atoms with Gasteiger partial charge in [-0.1, -0.05) is 41.6 Å². The van der Waals surface area contributed by atoms with E-state index in [1.165, 1.54) is 27.8 Å². The molecule has 4 aromatic rings. The molecule has 0 saturated carbocycles. The minimum Gasteiger partial charge on any atom is -0.497 e. The van der Waals surface area contributed by atoms with Crippen LogP contribution in [0, 0.1) is 6.92 Å². The smallest absolute Gasteiger partial charge is 0.236 e. The van der Waals surface area contributed by atoms with E-state index in [0.29, 0.717) is 16.1 Å². The molecule has 0 saturated heterocycles. The Hall–Kier alpha value is -3.37. The number of ether oxygens (including phenoxy) is 1. The molecule has 0 aliphatic carbocycles. The van der Waals surface area contributed by atoms with Gasteiger partial charge in [-0.2, -0.15) is 0 Å². The third-order valence-corrected chi connectivity index (χ3v) is 6.14. The number of nitrogens with one attached hydrogen (secondary N) is 1. The van der Waals surface area contributed by atoms with E-state index in [1.807, 2.05) is 60.8 Å². The lowest BCUT2D eigenvalue weighted by atomic mass is 10.1. The number of carbonyl (C=O) groups is 1. The second kappa shape index (κ2) is 9.19. The van der Waals surface area contributed by atoms with Gasteiger partial charge in [-0.25, -0.2) is 9.66 Å². The summed E-state index contributed by atoms with van der Waals surface area (Å²) in [4.78, 5) is 16.8. The quantitative estimate of drug-likeness (QED) is 0.324. The monoisotopic (exact) mass is 452 g/mol. The van der Waals surface area contributed by atoms with Gasteiger partial charge in [0, 0.05) is 16.5 Å². The molecule has 2 aromatic carbocycles. The van der Waals surface area contributed by atoms with Crippen molar-refractivity contribution in [3.63, 3.8) is 0 Å². The molecule has 158 valence electrons. The first kappa shape index (κ1) is 20.9. The Morgan fingerprint density at radius 2 is 1.84 bits per heavy atom. The lowest BCUT2D eigenvalue weighted by Gasteiger charge is -2.04. The lowest BCUT2D eigenvalue weighted by molar-refractivity contribution is -0.113. The summed E-state index contributed by atoms with van der Waals surface area (Å²) in [6, 6.07) is 15.4. The molecule has 0 bridgehead atoms. The van der Waals surface area contributed by atoms with Gasteiger partial charge in [-0.3, -0.25) is 4.79 Å². The zero-order chi connectivity index (χ0) is 21.8. The minimum absolute atomic E-state index is 0.140. The molecule has 31 heavy (non-hydrogen) atoms. The molecule has 2 heterocycles. The number of nitrogen functional groups attached to an aromatic ring is 1. The molecule has 8 nitrogen and oxygen atoms in total. The Labute approximate surface area is 187 Å². The zero-order valence-corrected chi connectivity index (χ0v) is 18.5. The Bertz CT molecular complexity index is 1190. The predicted octanol–water partition coefficient (Wildman–Crippen LogP) is 3.83. The van der Waals surface area contributed by atoms with Crippen LogP contribution < -0.4 is 15.9 Å². The number of nitrogens with two attached hydrogens (primary N) is 1. The Balaban J connectivity index is 1.36. The fourth-order valence-electron chi connectivity index (χ4n) is 2.79. The second-order valence-corrected chi connectivity index (χ2v) is 8.45. The number of amides is 1. The number of methoxy groups -OCH3 is 1. The number of thiazole rings is 1. The normalized spacial score (nSPS) is 10.8. The van der Waals surface area contributed by atoms with Gasteiger partial charge in [-0.05, 0) is 31.2 Å². The summed E-state index contributed by atoms with van der Waals surface area (Å²) in [5.41, 5.74) is 3.76. The number of aromatic nitrogens is 4. The summed E-state index contributed by atoms with van der Waals surface area (Å²) in [6.07, 6.45) is 0. The van der Waals surface area contributed by atoms with E-state index in [4.69, 9.17) is 10.6 Å². The van der Waals surface area contributed by atoms with E-state index in [0.717, 1.165) is 28.1 Å². The predicted molar refractivity (Wildman–Crippen MR) is 124 cm³/mol. The second-order valence-electron chi connectivity index (χ2n) is 6.65. The highest BCUT2D eigenvalue weighted by Gasteiger charge is 2.15. The summed E-state index contributed by atoms with van der Waals surface area (Å²) in [6.45, 7) is 2.01. The van der Waals surface area contributed by atoms with Crippen LogP contribution in [0.5, 0.6) is 5.75 Å². The summed E-state index contributed by atoms with van der Waals surface area (Å²) >= 11 is 2.58. The molecule has 0 unspecified atom stereocenters. The summed E-state index contributed by atoms with van der Waals surface area (Å²) < 4.78 is 6.57. The van der Waals surface area contributed by atoms with Gasteiger partial charge in [0.05, 0.1) is 18.6 Å². The number of hydrogen-bond acceptors (Lipinski definition) is 8. The van der Waals surface area contributed by atoms with E-state index in [2.05, 4.69) is 20.5 Å². The van der Waals surface area contributed by atoms with Crippen molar-refractivity contribution in [1.29, 1.82) is 0 Å². The number of aryl methyl sites for hydroxylation is 1. The largest absolute Gasteiger partial charge is 0.497 e. The molecule has 4 rings (SSSR count). The topological polar surface area (TPSA) is 108 Å². The summed E-state index contributed by atoms with van der Waals surface area (Å²) in [7, 11) is 1.62. The van der Waals surface area contributed by atoms with Crippen molar-refractivity contribution in [2.24, 2.45) is 0 Å². The van der Waals surface area contributed by atoms with Crippen molar-refractivity contribution in [2.75, 3.05) is 24.0 Å². The number of anilines is 1. The Morgan fingerprint density at radius 1 is 1.13 bits per heavy atom. The third-order valence-electron chi connectivity index (χ3n) is 4.44. The van der Waals surface area contributed by atoms with E-state index in [-0.39, 0.29) is 11.7 Å². The third kappa shape index (κ3) is 4.86. The highest BCUT2D eigenvalue weighted by molar-refractivity contribution is 7.99. The number of rotatable bonds is 7. The van der Waals surface area contributed by atoms with Crippen molar-refractivity contribution < 1.29 is 9.53 Å². The van der Waals surface area contributed by atoms with Crippen LogP contribution in [-0.4, -0.2) is 38.6 Å². The van der Waals surface area contributed by atoms with E-state index in [1.54, 1.807) is 7.11 Å². The molecule has 0 aliphatic rings. The van der Waals surface area contributed by atoms with Gasteiger partial charge < -0.3 is 15.9 Å².